The zero-order valence-corrected chi connectivity index (χ0v) is 12.3. The van der Waals surface area contributed by atoms with Gasteiger partial charge in [-0.3, -0.25) is 4.98 Å². The van der Waals surface area contributed by atoms with Crippen LogP contribution in [0.3, 0.4) is 0 Å². The van der Waals surface area contributed by atoms with Gasteiger partial charge < -0.3 is 10.2 Å². The monoisotopic (exact) mass is 269 g/mol. The molecule has 0 radical (unpaired) electrons. The Kier molecular flexibility index (Phi) is 3.88. The maximum Gasteiger partial charge on any atom is 0.0461 e. The maximum atomic E-state index is 4.31. The molecule has 1 aromatic heterocycles. The highest BCUT2D eigenvalue weighted by molar-refractivity contribution is 5.93. The van der Waals surface area contributed by atoms with Crippen LogP contribution in [0.4, 0.5) is 5.69 Å². The van der Waals surface area contributed by atoms with Gasteiger partial charge in [-0.1, -0.05) is 26.0 Å². The van der Waals surface area contributed by atoms with Gasteiger partial charge in [0, 0.05) is 36.6 Å². The third-order valence-corrected chi connectivity index (χ3v) is 4.05. The van der Waals surface area contributed by atoms with E-state index in [4.69, 9.17) is 0 Å². The largest absolute Gasteiger partial charge is 0.370 e. The minimum absolute atomic E-state index is 0.662. The molecular formula is C17H23N3. The highest BCUT2D eigenvalue weighted by Gasteiger charge is 2.19. The second kappa shape index (κ2) is 5.80. The molecule has 3 rings (SSSR count). The Morgan fingerprint density at radius 3 is 2.60 bits per heavy atom. The van der Waals surface area contributed by atoms with Gasteiger partial charge in [0.15, 0.2) is 0 Å². The molecule has 2 aromatic rings. The predicted octanol–water partition coefficient (Wildman–Crippen LogP) is 2.92. The fraction of sp³-hybridized carbons (Fsp3) is 0.471. The number of pyridine rings is 1. The molecule has 0 saturated carbocycles. The lowest BCUT2D eigenvalue weighted by atomic mass is 10.0. The van der Waals surface area contributed by atoms with Crippen molar-refractivity contribution in [1.29, 1.82) is 0 Å². The molecule has 2 heterocycles. The Labute approximate surface area is 121 Å². The Bertz CT molecular complexity index is 564. The van der Waals surface area contributed by atoms with Crippen LogP contribution in [-0.4, -0.2) is 31.2 Å². The third kappa shape index (κ3) is 2.78. The van der Waals surface area contributed by atoms with Crippen molar-refractivity contribution < 1.29 is 0 Å². The topological polar surface area (TPSA) is 28.2 Å². The van der Waals surface area contributed by atoms with Gasteiger partial charge in [-0.15, -0.1) is 0 Å². The van der Waals surface area contributed by atoms with Crippen LogP contribution in [-0.2, 0) is 0 Å². The van der Waals surface area contributed by atoms with Gasteiger partial charge >= 0.3 is 0 Å². The molecule has 2 atom stereocenters. The number of fused-ring (bicyclic) bond motifs is 1. The van der Waals surface area contributed by atoms with Crippen molar-refractivity contribution in [2.75, 3.05) is 31.1 Å². The number of rotatable bonds is 1. The van der Waals surface area contributed by atoms with E-state index in [9.17, 15) is 0 Å². The second-order valence-electron chi connectivity index (χ2n) is 6.15. The lowest BCUT2D eigenvalue weighted by Crippen LogP contribution is -2.42. The van der Waals surface area contributed by atoms with Crippen molar-refractivity contribution >= 4 is 16.5 Å². The standard InChI is InChI=1S/C17H23N3/c1-13-8-19-9-14(2)12-20(11-13)17-5-3-4-15-6-7-18-10-16(15)17/h3-7,10,13-14,19H,8-9,11-12H2,1-2H3. The average Bonchev–Trinajstić information content (AvgIpc) is 2.44. The number of aromatic nitrogens is 1. The fourth-order valence-electron chi connectivity index (χ4n) is 3.10. The third-order valence-electron chi connectivity index (χ3n) is 4.05. The number of benzene rings is 1. The summed E-state index contributed by atoms with van der Waals surface area (Å²) in [4.78, 5) is 6.85. The first-order chi connectivity index (χ1) is 9.74. The van der Waals surface area contributed by atoms with E-state index in [1.54, 1.807) is 0 Å². The van der Waals surface area contributed by atoms with Gasteiger partial charge in [-0.25, -0.2) is 0 Å². The highest BCUT2D eigenvalue weighted by atomic mass is 15.1. The summed E-state index contributed by atoms with van der Waals surface area (Å²) < 4.78 is 0. The van der Waals surface area contributed by atoms with Gasteiger partial charge in [0.2, 0.25) is 0 Å². The maximum absolute atomic E-state index is 4.31. The molecule has 1 fully saturated rings. The Balaban J connectivity index is 1.98. The molecule has 0 aliphatic carbocycles. The van der Waals surface area contributed by atoms with Crippen LogP contribution in [0.2, 0.25) is 0 Å². The van der Waals surface area contributed by atoms with E-state index in [0.717, 1.165) is 26.2 Å². The van der Waals surface area contributed by atoms with Crippen molar-refractivity contribution in [3.8, 4) is 0 Å². The van der Waals surface area contributed by atoms with E-state index in [0.29, 0.717) is 11.8 Å². The first-order valence-corrected chi connectivity index (χ1v) is 7.52. The van der Waals surface area contributed by atoms with E-state index in [-0.39, 0.29) is 0 Å². The molecule has 1 aliphatic rings. The molecule has 3 nitrogen and oxygen atoms in total. The lowest BCUT2D eigenvalue weighted by Gasteiger charge is -2.34. The molecule has 1 aliphatic heterocycles. The molecule has 3 heteroatoms. The minimum Gasteiger partial charge on any atom is -0.370 e. The summed E-state index contributed by atoms with van der Waals surface area (Å²) in [5.41, 5.74) is 1.33. The number of hydrogen-bond donors (Lipinski definition) is 1. The summed E-state index contributed by atoms with van der Waals surface area (Å²) in [6.07, 6.45) is 3.87. The number of nitrogens with one attached hydrogen (secondary N) is 1. The van der Waals surface area contributed by atoms with Crippen LogP contribution in [0, 0.1) is 11.8 Å². The highest BCUT2D eigenvalue weighted by Crippen LogP contribution is 2.27. The first kappa shape index (κ1) is 13.4. The van der Waals surface area contributed by atoms with Crippen molar-refractivity contribution in [3.05, 3.63) is 36.7 Å². The summed E-state index contributed by atoms with van der Waals surface area (Å²) in [7, 11) is 0. The minimum atomic E-state index is 0.662. The van der Waals surface area contributed by atoms with Gasteiger partial charge in [-0.05, 0) is 42.4 Å². The van der Waals surface area contributed by atoms with Crippen LogP contribution < -0.4 is 10.2 Å². The van der Waals surface area contributed by atoms with Crippen molar-refractivity contribution in [1.82, 2.24) is 10.3 Å². The van der Waals surface area contributed by atoms with E-state index in [2.05, 4.69) is 53.3 Å². The number of nitrogens with zero attached hydrogens (tertiary/aromatic N) is 2. The van der Waals surface area contributed by atoms with Crippen LogP contribution in [0.5, 0.6) is 0 Å². The molecule has 1 N–H and O–H groups in total. The predicted molar refractivity (Wildman–Crippen MR) is 85.2 cm³/mol. The molecule has 0 bridgehead atoms. The van der Waals surface area contributed by atoms with E-state index < -0.39 is 0 Å². The molecule has 0 spiro atoms. The molecule has 1 saturated heterocycles. The van der Waals surface area contributed by atoms with Gasteiger partial charge in [0.25, 0.3) is 0 Å². The quantitative estimate of drug-likeness (QED) is 0.863. The van der Waals surface area contributed by atoms with E-state index >= 15 is 0 Å². The molecular weight excluding hydrogens is 246 g/mol. The van der Waals surface area contributed by atoms with E-state index in [1.165, 1.54) is 16.5 Å². The molecule has 1 aromatic carbocycles. The van der Waals surface area contributed by atoms with Crippen LogP contribution in [0.25, 0.3) is 10.8 Å². The zero-order chi connectivity index (χ0) is 13.9. The number of hydrogen-bond acceptors (Lipinski definition) is 3. The Hall–Kier alpha value is -1.61. The van der Waals surface area contributed by atoms with Crippen LogP contribution >= 0.6 is 0 Å². The van der Waals surface area contributed by atoms with Crippen molar-refractivity contribution in [2.24, 2.45) is 11.8 Å². The van der Waals surface area contributed by atoms with Crippen molar-refractivity contribution in [3.63, 3.8) is 0 Å². The second-order valence-corrected chi connectivity index (χ2v) is 6.15. The number of anilines is 1. The lowest BCUT2D eigenvalue weighted by molar-refractivity contribution is 0.411. The molecule has 0 amide bonds. The summed E-state index contributed by atoms with van der Waals surface area (Å²) in [6, 6.07) is 8.65. The van der Waals surface area contributed by atoms with Gasteiger partial charge in [0.05, 0.1) is 0 Å². The Morgan fingerprint density at radius 2 is 1.85 bits per heavy atom. The molecule has 2 unspecified atom stereocenters. The summed E-state index contributed by atoms with van der Waals surface area (Å²) in [5, 5.41) is 6.10. The average molecular weight is 269 g/mol. The van der Waals surface area contributed by atoms with Gasteiger partial charge in [-0.2, -0.15) is 0 Å². The first-order valence-electron chi connectivity index (χ1n) is 7.52. The molecule has 20 heavy (non-hydrogen) atoms. The van der Waals surface area contributed by atoms with Crippen LogP contribution in [0.15, 0.2) is 36.7 Å². The van der Waals surface area contributed by atoms with Gasteiger partial charge in [0.1, 0.15) is 0 Å². The summed E-state index contributed by atoms with van der Waals surface area (Å²) in [5.74, 6) is 1.32. The molecule has 106 valence electrons. The summed E-state index contributed by atoms with van der Waals surface area (Å²) in [6.45, 7) is 9.04. The SMILES string of the molecule is CC1CNCC(C)CN(c2cccc3ccncc23)C1. The van der Waals surface area contributed by atoms with E-state index in [1.807, 2.05) is 12.4 Å². The van der Waals surface area contributed by atoms with Crippen LogP contribution in [0.1, 0.15) is 13.8 Å². The normalized spacial score (nSPS) is 24.4. The Morgan fingerprint density at radius 1 is 1.10 bits per heavy atom. The zero-order valence-electron chi connectivity index (χ0n) is 12.3. The summed E-state index contributed by atoms with van der Waals surface area (Å²) >= 11 is 0. The fourth-order valence-corrected chi connectivity index (χ4v) is 3.10. The van der Waals surface area contributed by atoms with Crippen molar-refractivity contribution in [2.45, 2.75) is 13.8 Å². The smallest absolute Gasteiger partial charge is 0.0461 e.